The fourth-order valence-electron chi connectivity index (χ4n) is 3.31. The van der Waals surface area contributed by atoms with Gasteiger partial charge in [-0.3, -0.25) is 4.68 Å². The molecule has 26 heavy (non-hydrogen) atoms. The molecular weight excluding hydrogens is 328 g/mol. The summed E-state index contributed by atoms with van der Waals surface area (Å²) in [6.07, 6.45) is 5.50. The molecule has 0 bridgehead atoms. The van der Waals surface area contributed by atoms with Crippen LogP contribution in [0.3, 0.4) is 0 Å². The molecule has 1 aliphatic rings. The zero-order valence-electron chi connectivity index (χ0n) is 15.3. The summed E-state index contributed by atoms with van der Waals surface area (Å²) in [5.74, 6) is 2.48. The molecule has 4 rings (SSSR count). The molecule has 0 saturated carbocycles. The van der Waals surface area contributed by atoms with Gasteiger partial charge >= 0.3 is 0 Å². The van der Waals surface area contributed by atoms with Crippen molar-refractivity contribution >= 4 is 22.8 Å². The molecule has 2 aromatic heterocycles. The molecule has 1 aromatic carbocycles. The van der Waals surface area contributed by atoms with E-state index in [4.69, 9.17) is 14.7 Å². The van der Waals surface area contributed by atoms with Crippen molar-refractivity contribution in [3.05, 3.63) is 36.0 Å². The van der Waals surface area contributed by atoms with Gasteiger partial charge in [0.25, 0.3) is 0 Å². The van der Waals surface area contributed by atoms with Crippen LogP contribution in [0.1, 0.15) is 24.8 Å². The summed E-state index contributed by atoms with van der Waals surface area (Å²) >= 11 is 0. The number of benzene rings is 1. The molecule has 1 fully saturated rings. The number of aryl methyl sites for hydroxylation is 1. The number of rotatable bonds is 5. The van der Waals surface area contributed by atoms with Gasteiger partial charge in [-0.1, -0.05) is 12.1 Å². The van der Waals surface area contributed by atoms with Gasteiger partial charge < -0.3 is 15.0 Å². The van der Waals surface area contributed by atoms with Gasteiger partial charge in [-0.15, -0.1) is 0 Å². The first kappa shape index (κ1) is 16.6. The van der Waals surface area contributed by atoms with Crippen LogP contribution in [0.25, 0.3) is 11.0 Å². The number of hydrogen-bond acceptors (Lipinski definition) is 6. The monoisotopic (exact) mass is 352 g/mol. The second kappa shape index (κ2) is 7.19. The largest absolute Gasteiger partial charge is 0.497 e. The van der Waals surface area contributed by atoms with Crippen molar-refractivity contribution in [3.8, 4) is 5.75 Å². The highest BCUT2D eigenvalue weighted by Gasteiger charge is 2.18. The van der Waals surface area contributed by atoms with Crippen molar-refractivity contribution in [3.63, 3.8) is 0 Å². The van der Waals surface area contributed by atoms with Crippen LogP contribution in [0.5, 0.6) is 5.75 Å². The Labute approximate surface area is 153 Å². The lowest BCUT2D eigenvalue weighted by Gasteiger charge is -2.27. The van der Waals surface area contributed by atoms with E-state index in [2.05, 4.69) is 27.4 Å². The number of nitrogens with one attached hydrogen (secondary N) is 1. The van der Waals surface area contributed by atoms with Crippen molar-refractivity contribution in [2.45, 2.75) is 25.8 Å². The molecule has 1 aliphatic heterocycles. The first-order valence-corrected chi connectivity index (χ1v) is 9.06. The zero-order valence-corrected chi connectivity index (χ0v) is 15.3. The Morgan fingerprint density at radius 2 is 1.85 bits per heavy atom. The molecule has 7 heteroatoms. The van der Waals surface area contributed by atoms with E-state index in [-0.39, 0.29) is 0 Å². The fourth-order valence-corrected chi connectivity index (χ4v) is 3.31. The summed E-state index contributed by atoms with van der Waals surface area (Å²) in [4.78, 5) is 11.8. The Hall–Kier alpha value is -2.83. The van der Waals surface area contributed by atoms with E-state index in [1.165, 1.54) is 24.8 Å². The average Bonchev–Trinajstić information content (AvgIpc) is 3.08. The first-order chi connectivity index (χ1) is 12.7. The maximum Gasteiger partial charge on any atom is 0.229 e. The van der Waals surface area contributed by atoms with E-state index >= 15 is 0 Å². The summed E-state index contributed by atoms with van der Waals surface area (Å²) in [6, 6.07) is 8.05. The third-order valence-electron chi connectivity index (χ3n) is 4.84. The van der Waals surface area contributed by atoms with Crippen molar-refractivity contribution in [1.29, 1.82) is 0 Å². The number of fused-ring (bicyclic) bond motifs is 1. The van der Waals surface area contributed by atoms with Crippen LogP contribution in [-0.2, 0) is 13.6 Å². The molecule has 1 saturated heterocycles. The number of nitrogens with zero attached hydrogens (tertiary/aromatic N) is 5. The van der Waals surface area contributed by atoms with Crippen LogP contribution in [0.15, 0.2) is 30.5 Å². The first-order valence-electron chi connectivity index (χ1n) is 9.06. The summed E-state index contributed by atoms with van der Waals surface area (Å²) in [5.41, 5.74) is 2.03. The third kappa shape index (κ3) is 3.29. The Bertz CT molecular complexity index is 883. The van der Waals surface area contributed by atoms with Gasteiger partial charge in [0.1, 0.15) is 11.6 Å². The minimum absolute atomic E-state index is 0.685. The molecule has 1 N–H and O–H groups in total. The highest BCUT2D eigenvalue weighted by atomic mass is 16.5. The molecule has 7 nitrogen and oxygen atoms in total. The molecule has 136 valence electrons. The summed E-state index contributed by atoms with van der Waals surface area (Å²) in [6.45, 7) is 2.72. The standard InChI is InChI=1S/C19H24N6O/c1-24-18-16(13-21-24)17(20-12-14-6-8-15(26-2)9-7-14)22-19(23-18)25-10-4-3-5-11-25/h6-9,13H,3-5,10-12H2,1-2H3,(H,20,22,23). The third-order valence-corrected chi connectivity index (χ3v) is 4.84. The Morgan fingerprint density at radius 1 is 1.08 bits per heavy atom. The predicted molar refractivity (Wildman–Crippen MR) is 103 cm³/mol. The van der Waals surface area contributed by atoms with Crippen LogP contribution in [-0.4, -0.2) is 39.9 Å². The lowest BCUT2D eigenvalue weighted by Crippen LogP contribution is -2.31. The molecule has 0 aliphatic carbocycles. The number of piperidine rings is 1. The van der Waals surface area contributed by atoms with Crippen molar-refractivity contribution in [1.82, 2.24) is 19.7 Å². The molecule has 0 spiro atoms. The van der Waals surface area contributed by atoms with E-state index in [1.54, 1.807) is 7.11 Å². The number of anilines is 2. The Kier molecular flexibility index (Phi) is 4.60. The molecule has 0 atom stereocenters. The van der Waals surface area contributed by atoms with Crippen LogP contribution in [0, 0.1) is 0 Å². The quantitative estimate of drug-likeness (QED) is 0.761. The number of methoxy groups -OCH3 is 1. The molecule has 3 heterocycles. The van der Waals surface area contributed by atoms with Gasteiger partial charge in [0.15, 0.2) is 5.65 Å². The van der Waals surface area contributed by atoms with Gasteiger partial charge in [0, 0.05) is 26.7 Å². The van der Waals surface area contributed by atoms with E-state index < -0.39 is 0 Å². The van der Waals surface area contributed by atoms with Crippen LogP contribution >= 0.6 is 0 Å². The normalized spacial score (nSPS) is 14.6. The zero-order chi connectivity index (χ0) is 17.9. The van der Waals surface area contributed by atoms with Crippen molar-refractivity contribution < 1.29 is 4.74 Å². The van der Waals surface area contributed by atoms with Crippen LogP contribution < -0.4 is 15.0 Å². The summed E-state index contributed by atoms with van der Waals surface area (Å²) < 4.78 is 7.03. The predicted octanol–water partition coefficient (Wildman–Crippen LogP) is 2.97. The second-order valence-electron chi connectivity index (χ2n) is 6.63. The molecule has 0 unspecified atom stereocenters. The number of hydrogen-bond donors (Lipinski definition) is 1. The lowest BCUT2D eigenvalue weighted by molar-refractivity contribution is 0.414. The fraction of sp³-hybridized carbons (Fsp3) is 0.421. The second-order valence-corrected chi connectivity index (χ2v) is 6.63. The van der Waals surface area contributed by atoms with Gasteiger partial charge in [-0.2, -0.15) is 15.1 Å². The van der Waals surface area contributed by atoms with E-state index in [1.807, 2.05) is 30.1 Å². The smallest absolute Gasteiger partial charge is 0.229 e. The minimum atomic E-state index is 0.685. The molecule has 3 aromatic rings. The van der Waals surface area contributed by atoms with Crippen molar-refractivity contribution in [2.75, 3.05) is 30.4 Å². The summed E-state index contributed by atoms with van der Waals surface area (Å²) in [7, 11) is 3.60. The molecule has 0 amide bonds. The van der Waals surface area contributed by atoms with Gasteiger partial charge in [-0.25, -0.2) is 0 Å². The van der Waals surface area contributed by atoms with Crippen LogP contribution in [0.2, 0.25) is 0 Å². The number of aromatic nitrogens is 4. The lowest BCUT2D eigenvalue weighted by atomic mass is 10.1. The molecular formula is C19H24N6O. The number of ether oxygens (including phenoxy) is 1. The highest BCUT2D eigenvalue weighted by Crippen LogP contribution is 2.25. The van der Waals surface area contributed by atoms with Crippen molar-refractivity contribution in [2.24, 2.45) is 7.05 Å². The maximum atomic E-state index is 5.22. The minimum Gasteiger partial charge on any atom is -0.497 e. The molecule has 0 radical (unpaired) electrons. The Balaban J connectivity index is 1.61. The van der Waals surface area contributed by atoms with Gasteiger partial charge in [-0.05, 0) is 37.0 Å². The maximum absolute atomic E-state index is 5.22. The van der Waals surface area contributed by atoms with Crippen LogP contribution in [0.4, 0.5) is 11.8 Å². The van der Waals surface area contributed by atoms with E-state index in [0.29, 0.717) is 6.54 Å². The van der Waals surface area contributed by atoms with Gasteiger partial charge in [0.2, 0.25) is 5.95 Å². The van der Waals surface area contributed by atoms with E-state index in [9.17, 15) is 0 Å². The highest BCUT2D eigenvalue weighted by molar-refractivity contribution is 5.87. The Morgan fingerprint density at radius 3 is 2.58 bits per heavy atom. The average molecular weight is 352 g/mol. The SMILES string of the molecule is COc1ccc(CNc2nc(N3CCCCC3)nc3c2cnn3C)cc1. The topological polar surface area (TPSA) is 68.1 Å². The summed E-state index contributed by atoms with van der Waals surface area (Å²) in [5, 5.41) is 8.77. The van der Waals surface area contributed by atoms with Gasteiger partial charge in [0.05, 0.1) is 18.7 Å². The van der Waals surface area contributed by atoms with E-state index in [0.717, 1.165) is 41.6 Å².